The molecule has 0 atom stereocenters. The van der Waals surface area contributed by atoms with Crippen LogP contribution < -0.4 is 5.73 Å². The fourth-order valence-corrected chi connectivity index (χ4v) is 2.03. The van der Waals surface area contributed by atoms with Crippen LogP contribution >= 0.6 is 11.3 Å². The van der Waals surface area contributed by atoms with E-state index < -0.39 is 12.2 Å². The van der Waals surface area contributed by atoms with Crippen LogP contribution in [0.1, 0.15) is 9.67 Å². The molecule has 7 heteroatoms. The summed E-state index contributed by atoms with van der Waals surface area (Å²) in [7, 11) is 0. The molecule has 84 valence electrons. The van der Waals surface area contributed by atoms with Gasteiger partial charge in [-0.15, -0.1) is 20.1 Å². The molecule has 4 nitrogen and oxygen atoms in total. The summed E-state index contributed by atoms with van der Waals surface area (Å²) in [5.74, 6) is -1.16. The van der Waals surface area contributed by atoms with E-state index in [4.69, 9.17) is 0 Å². The van der Waals surface area contributed by atoms with Crippen molar-refractivity contribution in [1.82, 2.24) is 4.98 Å². The number of rotatable bonds is 2. The number of nitrogens with two attached hydrogens (primary N) is 1. The zero-order valence-corrected chi connectivity index (χ0v) is 8.63. The Labute approximate surface area is 92.6 Å². The van der Waals surface area contributed by atoms with Gasteiger partial charge in [0.25, 0.3) is 0 Å². The summed E-state index contributed by atoms with van der Waals surface area (Å²) in [5.41, 5.74) is 4.28. The first-order chi connectivity index (χ1) is 7.46. The average molecular weight is 244 g/mol. The number of aromatic nitrogens is 1. The van der Waals surface area contributed by atoms with Gasteiger partial charge in [0.05, 0.1) is 0 Å². The van der Waals surface area contributed by atoms with Crippen molar-refractivity contribution in [2.75, 3.05) is 0 Å². The predicted octanol–water partition coefficient (Wildman–Crippen LogP) is 1.96. The van der Waals surface area contributed by atoms with E-state index in [1.54, 1.807) is 18.3 Å². The maximum atomic E-state index is 12.2. The van der Waals surface area contributed by atoms with Gasteiger partial charge in [-0.3, -0.25) is 0 Å². The fraction of sp³-hybridized carbons (Fsp3) is 0.111. The number of pyridine rings is 1. The first kappa shape index (κ1) is 10.9. The summed E-state index contributed by atoms with van der Waals surface area (Å²) in [6.45, 7) is 0. The summed E-state index contributed by atoms with van der Waals surface area (Å²) in [5, 5.41) is 0.694. The number of ether oxygens (including phenoxy) is 1. The van der Waals surface area contributed by atoms with Crippen LogP contribution in [-0.4, -0.2) is 17.2 Å². The summed E-state index contributed by atoms with van der Waals surface area (Å²) in [4.78, 5) is 15.8. The lowest BCUT2D eigenvalue weighted by Crippen LogP contribution is -2.34. The summed E-state index contributed by atoms with van der Waals surface area (Å²) >= 11 is 0.972. The summed E-state index contributed by atoms with van der Waals surface area (Å²) in [6.07, 6.45) is -2.41. The second-order valence-corrected chi connectivity index (χ2v) is 3.99. The minimum Gasteiger partial charge on any atom is -0.383 e. The molecule has 0 aliphatic rings. The highest BCUT2D eigenvalue weighted by molar-refractivity contribution is 7.20. The lowest BCUT2D eigenvalue weighted by atomic mass is 10.3. The number of thiophene rings is 1. The van der Waals surface area contributed by atoms with Crippen LogP contribution in [0.3, 0.4) is 0 Å². The van der Waals surface area contributed by atoms with Crippen molar-refractivity contribution in [3.63, 3.8) is 0 Å². The molecule has 0 fully saturated rings. The van der Waals surface area contributed by atoms with Crippen molar-refractivity contribution in [3.8, 4) is 0 Å². The Hall–Kier alpha value is -1.60. The zero-order valence-electron chi connectivity index (χ0n) is 7.81. The number of alkyl halides is 2. The molecule has 0 bridgehead atoms. The van der Waals surface area contributed by atoms with Gasteiger partial charge >= 0.3 is 12.2 Å². The Bertz CT molecular complexity index is 503. The monoisotopic (exact) mass is 244 g/mol. The molecule has 2 rings (SSSR count). The number of fused-ring (bicyclic) bond motifs is 1. The van der Waals surface area contributed by atoms with Crippen molar-refractivity contribution in [3.05, 3.63) is 29.3 Å². The SMILES string of the molecule is NC(F)(F)OC(=O)c1cc2cccnc2s1. The predicted molar refractivity (Wildman–Crippen MR) is 54.2 cm³/mol. The van der Waals surface area contributed by atoms with Gasteiger partial charge in [-0.2, -0.15) is 0 Å². The number of carbonyl (C=O) groups is 1. The molecule has 2 heterocycles. The van der Waals surface area contributed by atoms with E-state index in [1.165, 1.54) is 6.07 Å². The lowest BCUT2D eigenvalue weighted by Gasteiger charge is -2.08. The van der Waals surface area contributed by atoms with Gasteiger partial charge in [0.15, 0.2) is 0 Å². The molecular formula is C9H6F2N2O2S. The molecule has 0 amide bonds. The Morgan fingerprint density at radius 1 is 1.56 bits per heavy atom. The van der Waals surface area contributed by atoms with Crippen LogP contribution in [0.5, 0.6) is 0 Å². The smallest absolute Gasteiger partial charge is 0.383 e. The Morgan fingerprint density at radius 3 is 2.94 bits per heavy atom. The van der Waals surface area contributed by atoms with Crippen LogP contribution in [-0.2, 0) is 4.74 Å². The fourth-order valence-electron chi connectivity index (χ4n) is 1.15. The maximum Gasteiger partial charge on any atom is 0.468 e. The van der Waals surface area contributed by atoms with Gasteiger partial charge < -0.3 is 4.74 Å². The van der Waals surface area contributed by atoms with Gasteiger partial charge in [-0.25, -0.2) is 15.5 Å². The van der Waals surface area contributed by atoms with Gasteiger partial charge in [0, 0.05) is 11.6 Å². The van der Waals surface area contributed by atoms with E-state index >= 15 is 0 Å². The van der Waals surface area contributed by atoms with Crippen molar-refractivity contribution >= 4 is 27.5 Å². The van der Waals surface area contributed by atoms with Crippen molar-refractivity contribution in [1.29, 1.82) is 0 Å². The number of nitrogens with zero attached hydrogens (tertiary/aromatic N) is 1. The van der Waals surface area contributed by atoms with Gasteiger partial charge in [0.1, 0.15) is 9.71 Å². The number of halogens is 2. The van der Waals surface area contributed by atoms with Gasteiger partial charge in [-0.1, -0.05) is 6.07 Å². The molecule has 0 aromatic carbocycles. The third-order valence-electron chi connectivity index (χ3n) is 1.72. The molecule has 0 saturated heterocycles. The largest absolute Gasteiger partial charge is 0.468 e. The Kier molecular flexibility index (Phi) is 2.56. The summed E-state index contributed by atoms with van der Waals surface area (Å²) in [6, 6.07) is 4.83. The van der Waals surface area contributed by atoms with Gasteiger partial charge in [-0.05, 0) is 12.1 Å². The molecule has 0 aliphatic heterocycles. The van der Waals surface area contributed by atoms with E-state index in [2.05, 4.69) is 15.5 Å². The van der Waals surface area contributed by atoms with Crippen LogP contribution in [0.4, 0.5) is 8.78 Å². The Balaban J connectivity index is 2.30. The standard InChI is InChI=1S/C9H6F2N2O2S/c10-9(11,12)15-8(14)6-4-5-2-1-3-13-7(5)16-6/h1-4H,12H2. The molecule has 0 spiro atoms. The van der Waals surface area contributed by atoms with E-state index in [1.807, 2.05) is 0 Å². The molecule has 0 unspecified atom stereocenters. The Morgan fingerprint density at radius 2 is 2.31 bits per heavy atom. The number of esters is 1. The van der Waals surface area contributed by atoms with Crippen molar-refractivity contribution in [2.45, 2.75) is 6.23 Å². The molecule has 0 saturated carbocycles. The van der Waals surface area contributed by atoms with E-state index in [0.717, 1.165) is 11.3 Å². The first-order valence-corrected chi connectivity index (χ1v) is 5.02. The third-order valence-corrected chi connectivity index (χ3v) is 2.76. The molecule has 16 heavy (non-hydrogen) atoms. The van der Waals surface area contributed by atoms with Crippen LogP contribution in [0.2, 0.25) is 0 Å². The number of carbonyl (C=O) groups excluding carboxylic acids is 1. The van der Waals surface area contributed by atoms with Crippen molar-refractivity contribution < 1.29 is 18.3 Å². The molecule has 0 aliphatic carbocycles. The van der Waals surface area contributed by atoms with Crippen LogP contribution in [0.25, 0.3) is 10.2 Å². The van der Waals surface area contributed by atoms with Gasteiger partial charge in [0.2, 0.25) is 0 Å². The minimum absolute atomic E-state index is 0.0406. The van der Waals surface area contributed by atoms with E-state index in [-0.39, 0.29) is 4.88 Å². The topological polar surface area (TPSA) is 65.2 Å². The second-order valence-electron chi connectivity index (χ2n) is 2.96. The maximum absolute atomic E-state index is 12.2. The molecule has 0 radical (unpaired) electrons. The van der Waals surface area contributed by atoms with Crippen molar-refractivity contribution in [2.24, 2.45) is 5.73 Å². The number of hydrogen-bond donors (Lipinski definition) is 1. The molecular weight excluding hydrogens is 238 g/mol. The highest BCUT2D eigenvalue weighted by atomic mass is 32.1. The third kappa shape index (κ3) is 2.31. The summed E-state index contributed by atoms with van der Waals surface area (Å²) < 4.78 is 28.2. The average Bonchev–Trinajstić information content (AvgIpc) is 2.58. The molecule has 2 aromatic rings. The quantitative estimate of drug-likeness (QED) is 0.498. The van der Waals surface area contributed by atoms with Crippen LogP contribution in [0, 0.1) is 0 Å². The zero-order chi connectivity index (χ0) is 11.8. The molecule has 2 aromatic heterocycles. The van der Waals surface area contributed by atoms with E-state index in [0.29, 0.717) is 10.2 Å². The highest BCUT2D eigenvalue weighted by Gasteiger charge is 2.29. The highest BCUT2D eigenvalue weighted by Crippen LogP contribution is 2.25. The molecule has 2 N–H and O–H groups in total. The lowest BCUT2D eigenvalue weighted by molar-refractivity contribution is -0.194. The first-order valence-electron chi connectivity index (χ1n) is 4.20. The van der Waals surface area contributed by atoms with Crippen LogP contribution in [0.15, 0.2) is 24.4 Å². The number of hydrogen-bond acceptors (Lipinski definition) is 5. The normalized spacial score (nSPS) is 11.7. The second kappa shape index (κ2) is 3.76. The van der Waals surface area contributed by atoms with E-state index in [9.17, 15) is 13.6 Å². The minimum atomic E-state index is -3.96.